The molecule has 0 radical (unpaired) electrons. The number of alkyl halides is 1. The van der Waals surface area contributed by atoms with Gasteiger partial charge >= 0.3 is 0 Å². The predicted octanol–water partition coefficient (Wildman–Crippen LogP) is 4.71. The Morgan fingerprint density at radius 1 is 1.12 bits per heavy atom. The van der Waals surface area contributed by atoms with E-state index in [2.05, 4.69) is 4.40 Å². The summed E-state index contributed by atoms with van der Waals surface area (Å²) in [5, 5.41) is 0.266. The Labute approximate surface area is 160 Å². The summed E-state index contributed by atoms with van der Waals surface area (Å²) in [6.45, 7) is 0. The average molecular weight is 414 g/mol. The van der Waals surface area contributed by atoms with E-state index in [1.54, 1.807) is 41.1 Å². The second kappa shape index (κ2) is 6.02. The van der Waals surface area contributed by atoms with Crippen molar-refractivity contribution in [3.63, 3.8) is 0 Å². The number of fused-ring (bicyclic) bond motifs is 3. The van der Waals surface area contributed by atoms with E-state index in [1.807, 2.05) is 6.07 Å². The maximum absolute atomic E-state index is 12.9. The van der Waals surface area contributed by atoms with Crippen LogP contribution >= 0.6 is 34.8 Å². The van der Waals surface area contributed by atoms with Crippen molar-refractivity contribution in [1.29, 1.82) is 0 Å². The first-order valence-electron chi connectivity index (χ1n) is 7.42. The molecule has 2 aliphatic rings. The van der Waals surface area contributed by atoms with Gasteiger partial charge in [-0.15, -0.1) is 11.6 Å². The third-order valence-corrected chi connectivity index (χ3v) is 6.32. The number of allylic oxidation sites excluding steroid dienone is 3. The quantitative estimate of drug-likeness (QED) is 0.636. The highest BCUT2D eigenvalue weighted by Gasteiger charge is 2.33. The Morgan fingerprint density at radius 2 is 1.84 bits per heavy atom. The van der Waals surface area contributed by atoms with Crippen LogP contribution in [0.1, 0.15) is 17.7 Å². The van der Waals surface area contributed by atoms with Crippen LogP contribution in [0.15, 0.2) is 58.0 Å². The molecule has 1 aliphatic carbocycles. The van der Waals surface area contributed by atoms with Crippen LogP contribution in [-0.4, -0.2) is 24.1 Å². The molecule has 128 valence electrons. The summed E-state index contributed by atoms with van der Waals surface area (Å²) in [6, 6.07) is 8.60. The lowest BCUT2D eigenvalue weighted by Crippen LogP contribution is -2.12. The predicted molar refractivity (Wildman–Crippen MR) is 102 cm³/mol. The third-order valence-electron chi connectivity index (χ3n) is 4.06. The molecule has 1 atom stereocenters. The molecule has 0 saturated heterocycles. The second-order valence-corrected chi connectivity index (χ2v) is 8.59. The standard InChI is InChI=1S/C17H11Cl3N2O2S/c18-10-6-7-13-15(9-10)25(23,24)21-17(14-5-2-8-22(13)14)16-11(19)3-1-4-12(16)20/h1-5,7-10H,6H2. The van der Waals surface area contributed by atoms with Crippen molar-refractivity contribution >= 4 is 56.2 Å². The van der Waals surface area contributed by atoms with E-state index in [0.29, 0.717) is 33.4 Å². The summed E-state index contributed by atoms with van der Waals surface area (Å²) in [5.41, 5.74) is 1.74. The summed E-state index contributed by atoms with van der Waals surface area (Å²) in [6.07, 6.45) is 5.65. The highest BCUT2D eigenvalue weighted by atomic mass is 35.5. The maximum Gasteiger partial charge on any atom is 0.284 e. The number of nitrogens with zero attached hydrogens (tertiary/aromatic N) is 2. The molecule has 0 saturated carbocycles. The van der Waals surface area contributed by atoms with Crippen LogP contribution in [0.2, 0.25) is 10.0 Å². The van der Waals surface area contributed by atoms with E-state index in [1.165, 1.54) is 6.08 Å². The van der Waals surface area contributed by atoms with Gasteiger partial charge in [-0.1, -0.05) is 35.3 Å². The van der Waals surface area contributed by atoms with Crippen LogP contribution in [0.4, 0.5) is 0 Å². The molecule has 0 N–H and O–H groups in total. The number of hydrogen-bond donors (Lipinski definition) is 0. The molecular formula is C17H11Cl3N2O2S. The molecule has 4 nitrogen and oxygen atoms in total. The lowest BCUT2D eigenvalue weighted by Gasteiger charge is -2.17. The van der Waals surface area contributed by atoms with E-state index < -0.39 is 15.4 Å². The van der Waals surface area contributed by atoms with Gasteiger partial charge in [0.1, 0.15) is 10.6 Å². The van der Waals surface area contributed by atoms with Crippen molar-refractivity contribution in [3.8, 4) is 0 Å². The summed E-state index contributed by atoms with van der Waals surface area (Å²) in [7, 11) is -3.96. The summed E-state index contributed by atoms with van der Waals surface area (Å²) >= 11 is 18.7. The van der Waals surface area contributed by atoms with Crippen molar-refractivity contribution in [2.75, 3.05) is 0 Å². The molecule has 4 rings (SSSR count). The Hall–Kier alpha value is -1.53. The zero-order valence-electron chi connectivity index (χ0n) is 12.7. The number of hydrogen-bond acceptors (Lipinski definition) is 2. The van der Waals surface area contributed by atoms with E-state index in [-0.39, 0.29) is 10.6 Å². The molecule has 1 aliphatic heterocycles. The molecule has 1 aromatic carbocycles. The first kappa shape index (κ1) is 16.9. The summed E-state index contributed by atoms with van der Waals surface area (Å²) in [4.78, 5) is 0.0920. The molecule has 8 heteroatoms. The maximum atomic E-state index is 12.9. The molecule has 2 heterocycles. The van der Waals surface area contributed by atoms with Crippen LogP contribution < -0.4 is 0 Å². The van der Waals surface area contributed by atoms with Gasteiger partial charge in [-0.3, -0.25) is 0 Å². The number of rotatable bonds is 1. The van der Waals surface area contributed by atoms with Crippen molar-refractivity contribution in [3.05, 3.63) is 74.9 Å². The van der Waals surface area contributed by atoms with Gasteiger partial charge in [0.05, 0.1) is 26.8 Å². The highest BCUT2D eigenvalue weighted by molar-refractivity contribution is 7.94. The van der Waals surface area contributed by atoms with Crippen molar-refractivity contribution in [1.82, 2.24) is 4.57 Å². The zero-order valence-corrected chi connectivity index (χ0v) is 15.7. The molecule has 0 bridgehead atoms. The number of sulfonamides is 1. The van der Waals surface area contributed by atoms with E-state index in [4.69, 9.17) is 34.8 Å². The fourth-order valence-electron chi connectivity index (χ4n) is 2.98. The minimum absolute atomic E-state index is 0.0920. The third kappa shape index (κ3) is 2.75. The van der Waals surface area contributed by atoms with Gasteiger partial charge in [-0.2, -0.15) is 12.8 Å². The van der Waals surface area contributed by atoms with Crippen LogP contribution in [0.3, 0.4) is 0 Å². The van der Waals surface area contributed by atoms with Gasteiger partial charge in [0.2, 0.25) is 0 Å². The van der Waals surface area contributed by atoms with Gasteiger partial charge in [-0.05, 0) is 36.8 Å². The topological polar surface area (TPSA) is 51.4 Å². The Balaban J connectivity index is 2.08. The lowest BCUT2D eigenvalue weighted by atomic mass is 10.1. The lowest BCUT2D eigenvalue weighted by molar-refractivity contribution is 0.604. The first-order chi connectivity index (χ1) is 11.9. The van der Waals surface area contributed by atoms with Crippen LogP contribution in [-0.2, 0) is 10.0 Å². The fourth-order valence-corrected chi connectivity index (χ4v) is 5.15. The Kier molecular flexibility index (Phi) is 4.07. The number of aromatic nitrogens is 1. The van der Waals surface area contributed by atoms with Crippen LogP contribution in [0.25, 0.3) is 5.70 Å². The zero-order chi connectivity index (χ0) is 17.8. The van der Waals surface area contributed by atoms with E-state index >= 15 is 0 Å². The second-order valence-electron chi connectivity index (χ2n) is 5.65. The molecule has 1 aromatic heterocycles. The minimum Gasteiger partial charge on any atom is -0.314 e. The van der Waals surface area contributed by atoms with Crippen molar-refractivity contribution < 1.29 is 8.42 Å². The number of halogens is 3. The van der Waals surface area contributed by atoms with Gasteiger partial charge in [-0.25, -0.2) is 0 Å². The SMILES string of the molecule is O=S1(=O)N=C(c2c(Cl)cccc2Cl)c2cccn2C2=CCC(Cl)C=C21. The molecule has 25 heavy (non-hydrogen) atoms. The number of benzene rings is 1. The largest absolute Gasteiger partial charge is 0.314 e. The van der Waals surface area contributed by atoms with Gasteiger partial charge in [0.25, 0.3) is 10.0 Å². The van der Waals surface area contributed by atoms with Crippen molar-refractivity contribution in [2.45, 2.75) is 11.8 Å². The van der Waals surface area contributed by atoms with Gasteiger partial charge in [0.15, 0.2) is 0 Å². The highest BCUT2D eigenvalue weighted by Crippen LogP contribution is 2.37. The molecule has 0 amide bonds. The van der Waals surface area contributed by atoms with Crippen LogP contribution in [0, 0.1) is 0 Å². The fraction of sp³-hybridized carbons (Fsp3) is 0.118. The minimum atomic E-state index is -3.96. The van der Waals surface area contributed by atoms with E-state index in [0.717, 1.165) is 0 Å². The molecular weight excluding hydrogens is 403 g/mol. The summed E-state index contributed by atoms with van der Waals surface area (Å²) < 4.78 is 31.6. The van der Waals surface area contributed by atoms with E-state index in [9.17, 15) is 8.42 Å². The van der Waals surface area contributed by atoms with Gasteiger partial charge in [0, 0.05) is 11.8 Å². The molecule has 2 aromatic rings. The average Bonchev–Trinajstić information content (AvgIpc) is 3.00. The smallest absolute Gasteiger partial charge is 0.284 e. The Bertz CT molecular complexity index is 1060. The summed E-state index contributed by atoms with van der Waals surface area (Å²) in [5.74, 6) is 0. The van der Waals surface area contributed by atoms with Crippen molar-refractivity contribution in [2.24, 2.45) is 4.40 Å². The Morgan fingerprint density at radius 3 is 2.56 bits per heavy atom. The molecule has 0 spiro atoms. The van der Waals surface area contributed by atoms with Gasteiger partial charge < -0.3 is 4.57 Å². The molecule has 1 unspecified atom stereocenters. The monoisotopic (exact) mass is 412 g/mol. The molecule has 0 fully saturated rings. The first-order valence-corrected chi connectivity index (χ1v) is 10.1. The van der Waals surface area contributed by atoms with Crippen LogP contribution in [0.5, 0.6) is 0 Å². The normalized spacial score (nSPS) is 21.4.